The summed E-state index contributed by atoms with van der Waals surface area (Å²) in [5.74, 6) is 0.00389. The molecule has 1 heterocycles. The van der Waals surface area contributed by atoms with Crippen LogP contribution in [0.4, 0.5) is 0 Å². The summed E-state index contributed by atoms with van der Waals surface area (Å²) in [6, 6.07) is 12.5. The number of nitrogens with zero attached hydrogens (tertiary/aromatic N) is 1. The average Bonchev–Trinajstić information content (AvgIpc) is 2.40. The van der Waals surface area contributed by atoms with Crippen molar-refractivity contribution in [1.82, 2.24) is 4.98 Å². The van der Waals surface area contributed by atoms with Crippen molar-refractivity contribution in [2.45, 2.75) is 12.5 Å². The van der Waals surface area contributed by atoms with Gasteiger partial charge in [-0.2, -0.15) is 0 Å². The smallest absolute Gasteiger partial charge is 0.158 e. The highest BCUT2D eigenvalue weighted by atomic mass is 16.1. The molecule has 0 saturated heterocycles. The molecule has 0 bridgehead atoms. The molecule has 0 fully saturated rings. The van der Waals surface area contributed by atoms with Crippen LogP contribution >= 0.6 is 0 Å². The topological polar surface area (TPSA) is 56.0 Å². The lowest BCUT2D eigenvalue weighted by Crippen LogP contribution is -2.23. The van der Waals surface area contributed by atoms with Crippen LogP contribution in [0.15, 0.2) is 54.9 Å². The van der Waals surface area contributed by atoms with E-state index >= 15 is 0 Å². The molecule has 0 spiro atoms. The third-order valence-corrected chi connectivity index (χ3v) is 2.61. The van der Waals surface area contributed by atoms with Crippen LogP contribution < -0.4 is 5.73 Å². The molecule has 2 rings (SSSR count). The Morgan fingerprint density at radius 1 is 1.18 bits per heavy atom. The van der Waals surface area contributed by atoms with E-state index in [1.54, 1.807) is 12.4 Å². The number of hydrogen-bond donors (Lipinski definition) is 1. The van der Waals surface area contributed by atoms with Crippen molar-refractivity contribution in [1.29, 1.82) is 0 Å². The number of pyridine rings is 1. The third kappa shape index (κ3) is 2.98. The maximum absolute atomic E-state index is 12.0. The number of benzene rings is 1. The van der Waals surface area contributed by atoms with Gasteiger partial charge in [-0.15, -0.1) is 0 Å². The average molecular weight is 226 g/mol. The van der Waals surface area contributed by atoms with Crippen molar-refractivity contribution in [2.24, 2.45) is 5.73 Å². The molecule has 0 aliphatic carbocycles. The Balaban J connectivity index is 2.06. The van der Waals surface area contributed by atoms with Gasteiger partial charge in [0.15, 0.2) is 5.78 Å². The highest BCUT2D eigenvalue weighted by Gasteiger charge is 2.15. The van der Waals surface area contributed by atoms with E-state index in [-0.39, 0.29) is 5.78 Å². The number of rotatable bonds is 4. The van der Waals surface area contributed by atoms with Crippen molar-refractivity contribution in [3.05, 3.63) is 66.0 Å². The fourth-order valence-corrected chi connectivity index (χ4v) is 1.66. The first-order valence-corrected chi connectivity index (χ1v) is 5.49. The first-order chi connectivity index (χ1) is 8.27. The van der Waals surface area contributed by atoms with E-state index in [1.807, 2.05) is 42.5 Å². The molecule has 3 heteroatoms. The molecule has 2 N–H and O–H groups in total. The maximum Gasteiger partial charge on any atom is 0.158 e. The van der Waals surface area contributed by atoms with Crippen LogP contribution in [0.2, 0.25) is 0 Å². The highest BCUT2D eigenvalue weighted by Crippen LogP contribution is 2.13. The van der Waals surface area contributed by atoms with Gasteiger partial charge < -0.3 is 5.73 Å². The Hall–Kier alpha value is -2.00. The predicted octanol–water partition coefficient (Wildman–Crippen LogP) is 1.89. The number of Topliss-reactive ketones (excluding diaryl/α,β-unsaturated/α-hetero) is 1. The lowest BCUT2D eigenvalue weighted by atomic mass is 9.99. The van der Waals surface area contributed by atoms with Crippen LogP contribution in [0.5, 0.6) is 0 Å². The molecule has 1 atom stereocenters. The van der Waals surface area contributed by atoms with Crippen LogP contribution in [0, 0.1) is 0 Å². The van der Waals surface area contributed by atoms with Gasteiger partial charge in [0.2, 0.25) is 0 Å². The summed E-state index contributed by atoms with van der Waals surface area (Å²) in [7, 11) is 0. The quantitative estimate of drug-likeness (QED) is 0.866. The number of hydrogen-bond acceptors (Lipinski definition) is 3. The zero-order chi connectivity index (χ0) is 12.1. The lowest BCUT2D eigenvalue weighted by molar-refractivity contribution is -0.119. The van der Waals surface area contributed by atoms with Crippen LogP contribution in [-0.4, -0.2) is 10.8 Å². The van der Waals surface area contributed by atoms with Gasteiger partial charge >= 0.3 is 0 Å². The van der Waals surface area contributed by atoms with Gasteiger partial charge in [-0.05, 0) is 17.2 Å². The summed E-state index contributed by atoms with van der Waals surface area (Å²) in [6.45, 7) is 0. The number of nitrogens with two attached hydrogens (primary N) is 1. The predicted molar refractivity (Wildman–Crippen MR) is 66.3 cm³/mol. The maximum atomic E-state index is 12.0. The molecule has 0 saturated carbocycles. The molecule has 1 aromatic carbocycles. The highest BCUT2D eigenvalue weighted by molar-refractivity contribution is 5.86. The molecule has 1 aromatic heterocycles. The van der Waals surface area contributed by atoms with Gasteiger partial charge in [0.1, 0.15) is 0 Å². The number of carbonyl (C=O) groups excluding carboxylic acids is 1. The normalized spacial score (nSPS) is 12.1. The minimum Gasteiger partial charge on any atom is -0.318 e. The standard InChI is InChI=1S/C14H14N2O/c15-14(12-6-2-1-3-7-12)13(17)9-11-5-4-8-16-10-11/h1-8,10,14H,9,15H2/t14-/m1/s1. The second-order valence-electron chi connectivity index (χ2n) is 3.89. The van der Waals surface area contributed by atoms with E-state index in [9.17, 15) is 4.79 Å². The van der Waals surface area contributed by atoms with Gasteiger partial charge in [0.25, 0.3) is 0 Å². The monoisotopic (exact) mass is 226 g/mol. The molecule has 0 unspecified atom stereocenters. The van der Waals surface area contributed by atoms with Crippen LogP contribution in [0.1, 0.15) is 17.2 Å². The van der Waals surface area contributed by atoms with E-state index in [1.165, 1.54) is 0 Å². The van der Waals surface area contributed by atoms with Crippen molar-refractivity contribution in [2.75, 3.05) is 0 Å². The molecular formula is C14H14N2O. The Kier molecular flexibility index (Phi) is 3.62. The van der Waals surface area contributed by atoms with E-state index in [4.69, 9.17) is 5.73 Å². The summed E-state index contributed by atoms with van der Waals surface area (Å²) in [4.78, 5) is 15.9. The Labute approximate surface area is 100 Å². The van der Waals surface area contributed by atoms with Gasteiger partial charge in [-0.1, -0.05) is 36.4 Å². The number of carbonyl (C=O) groups is 1. The minimum absolute atomic E-state index is 0.00389. The molecule has 0 amide bonds. The molecule has 0 aliphatic heterocycles. The largest absolute Gasteiger partial charge is 0.318 e. The van der Waals surface area contributed by atoms with Crippen molar-refractivity contribution in [3.8, 4) is 0 Å². The summed E-state index contributed by atoms with van der Waals surface area (Å²) < 4.78 is 0. The Morgan fingerprint density at radius 3 is 2.59 bits per heavy atom. The molecule has 2 aromatic rings. The first-order valence-electron chi connectivity index (χ1n) is 5.49. The van der Waals surface area contributed by atoms with Crippen molar-refractivity contribution >= 4 is 5.78 Å². The van der Waals surface area contributed by atoms with E-state index < -0.39 is 6.04 Å². The van der Waals surface area contributed by atoms with Gasteiger partial charge in [-0.25, -0.2) is 0 Å². The minimum atomic E-state index is -0.559. The van der Waals surface area contributed by atoms with Crippen molar-refractivity contribution < 1.29 is 4.79 Å². The van der Waals surface area contributed by atoms with Gasteiger partial charge in [0.05, 0.1) is 6.04 Å². The fourth-order valence-electron chi connectivity index (χ4n) is 1.66. The van der Waals surface area contributed by atoms with E-state index in [2.05, 4.69) is 4.98 Å². The second kappa shape index (κ2) is 5.37. The summed E-state index contributed by atoms with van der Waals surface area (Å²) >= 11 is 0. The Morgan fingerprint density at radius 2 is 1.94 bits per heavy atom. The van der Waals surface area contributed by atoms with Crippen molar-refractivity contribution in [3.63, 3.8) is 0 Å². The number of aromatic nitrogens is 1. The van der Waals surface area contributed by atoms with Gasteiger partial charge in [-0.3, -0.25) is 9.78 Å². The zero-order valence-corrected chi connectivity index (χ0v) is 9.41. The summed E-state index contributed by atoms with van der Waals surface area (Å²) in [5.41, 5.74) is 7.66. The molecule has 86 valence electrons. The molecular weight excluding hydrogens is 212 g/mol. The summed E-state index contributed by atoms with van der Waals surface area (Å²) in [5, 5.41) is 0. The van der Waals surface area contributed by atoms with E-state index in [0.717, 1.165) is 11.1 Å². The molecule has 0 radical (unpaired) electrons. The SMILES string of the molecule is N[C@@H](C(=O)Cc1cccnc1)c1ccccc1. The van der Waals surface area contributed by atoms with Crippen LogP contribution in [0.25, 0.3) is 0 Å². The molecule has 0 aliphatic rings. The summed E-state index contributed by atoms with van der Waals surface area (Å²) in [6.07, 6.45) is 3.70. The lowest BCUT2D eigenvalue weighted by Gasteiger charge is -2.10. The molecule has 3 nitrogen and oxygen atoms in total. The van der Waals surface area contributed by atoms with Crippen LogP contribution in [-0.2, 0) is 11.2 Å². The zero-order valence-electron chi connectivity index (χ0n) is 9.41. The third-order valence-electron chi connectivity index (χ3n) is 2.61. The fraction of sp³-hybridized carbons (Fsp3) is 0.143. The number of ketones is 1. The molecule has 17 heavy (non-hydrogen) atoms. The first kappa shape index (κ1) is 11.5. The second-order valence-corrected chi connectivity index (χ2v) is 3.89. The van der Waals surface area contributed by atoms with Gasteiger partial charge in [0, 0.05) is 18.8 Å². The van der Waals surface area contributed by atoms with Crippen LogP contribution in [0.3, 0.4) is 0 Å². The Bertz CT molecular complexity index is 482. The van der Waals surface area contributed by atoms with E-state index in [0.29, 0.717) is 6.42 Å².